The zero-order chi connectivity index (χ0) is 26.7. The number of halogens is 2. The maximum atomic E-state index is 15.6. The van der Waals surface area contributed by atoms with Crippen LogP contribution in [0, 0.1) is 84.7 Å². The zero-order valence-corrected chi connectivity index (χ0v) is 25.9. The Morgan fingerprint density at radius 2 is 2.10 bits per heavy atom. The molecule has 1 aliphatic rings. The Kier molecular flexibility index (Phi) is 11.5. The van der Waals surface area contributed by atoms with Crippen molar-refractivity contribution in [2.24, 2.45) is 4.99 Å². The van der Waals surface area contributed by atoms with Crippen LogP contribution >= 0.6 is 0 Å². The Bertz CT molecular complexity index is 1400. The number of nitrogens with zero attached hydrogens (tertiary/aromatic N) is 6. The molecule has 1 atom stereocenters. The quantitative estimate of drug-likeness (QED) is 0.141. The third kappa shape index (κ3) is 6.44. The number of aromatic nitrogens is 2. The Morgan fingerprint density at radius 3 is 2.69 bits per heavy atom. The fourth-order valence-corrected chi connectivity index (χ4v) is 4.62. The van der Waals surface area contributed by atoms with Crippen LogP contribution < -0.4 is 4.90 Å². The Hall–Kier alpha value is -2.96. The van der Waals surface area contributed by atoms with Crippen LogP contribution in [-0.2, 0) is 4.79 Å². The first-order chi connectivity index (χ1) is 17.8. The third-order valence-corrected chi connectivity index (χ3v) is 6.49. The number of aromatic hydroxyl groups is 1. The molecular formula is C27H27BF2N6O2Pr-2. The van der Waals surface area contributed by atoms with Crippen LogP contribution in [-0.4, -0.2) is 58.6 Å². The monoisotopic (exact) mass is 657 g/mol. The Morgan fingerprint density at radius 1 is 1.36 bits per heavy atom. The van der Waals surface area contributed by atoms with Gasteiger partial charge in [0.15, 0.2) is 5.82 Å². The molecular weight excluding hydrogens is 630 g/mol. The van der Waals surface area contributed by atoms with Crippen LogP contribution in [0.5, 0.6) is 5.75 Å². The summed E-state index contributed by atoms with van der Waals surface area (Å²) in [5.41, 5.74) is 0.213. The van der Waals surface area contributed by atoms with E-state index >= 15 is 4.39 Å². The van der Waals surface area contributed by atoms with Gasteiger partial charge in [-0.05, 0) is 43.5 Å². The van der Waals surface area contributed by atoms with Crippen LogP contribution in [0.4, 0.5) is 20.3 Å². The number of aryl methyl sites for hydroxylation is 1. The molecule has 3 heterocycles. The van der Waals surface area contributed by atoms with E-state index in [0.717, 1.165) is 17.0 Å². The summed E-state index contributed by atoms with van der Waals surface area (Å²) in [6.07, 6.45) is 5.97. The number of benzene rings is 1. The van der Waals surface area contributed by atoms with E-state index in [1.807, 2.05) is 11.8 Å². The fraction of sp³-hybridized carbons (Fsp3) is 0.259. The molecule has 0 aliphatic carbocycles. The van der Waals surface area contributed by atoms with E-state index in [1.165, 1.54) is 18.3 Å². The summed E-state index contributed by atoms with van der Waals surface area (Å²) in [6.45, 7) is 4.08. The van der Waals surface area contributed by atoms with Gasteiger partial charge in [-0.25, -0.2) is 19.0 Å². The average molecular weight is 657 g/mol. The number of hydrogen-bond acceptors (Lipinski definition) is 6. The topological polar surface area (TPSA) is 106 Å². The van der Waals surface area contributed by atoms with Crippen molar-refractivity contribution in [1.29, 1.82) is 5.26 Å². The van der Waals surface area contributed by atoms with Gasteiger partial charge in [-0.2, -0.15) is 6.07 Å². The van der Waals surface area contributed by atoms with Gasteiger partial charge in [0.05, 0.1) is 11.1 Å². The van der Waals surface area contributed by atoms with E-state index in [2.05, 4.69) is 27.1 Å². The minimum absolute atomic E-state index is 0. The van der Waals surface area contributed by atoms with E-state index in [4.69, 9.17) is 0 Å². The summed E-state index contributed by atoms with van der Waals surface area (Å²) >= 11 is 0. The second-order valence-electron chi connectivity index (χ2n) is 8.83. The number of pyridine rings is 2. The van der Waals surface area contributed by atoms with Gasteiger partial charge in [0, 0.05) is 66.9 Å². The van der Waals surface area contributed by atoms with Crippen molar-refractivity contribution in [2.45, 2.75) is 32.5 Å². The van der Waals surface area contributed by atoms with Crippen molar-refractivity contribution >= 4 is 30.5 Å². The standard InChI is InChI=1S/C26H24BF2N6O2.CH3.Pr/c1-16-7-9-32-13-21(16)35(15-36)26-18(25(31-3)34-10-8-27(14-30)12-17(34)2)11-20(29)24(33-26)23-19(28)5-4-6-22(23)37;;/h4-7,9,11,15,17,37H,8,10,12H2,1-3H3;1H3;/q2*-1;. The predicted molar refractivity (Wildman–Crippen MR) is 143 cm³/mol. The second-order valence-corrected chi connectivity index (χ2v) is 8.83. The molecule has 8 nitrogen and oxygen atoms in total. The van der Waals surface area contributed by atoms with Crippen molar-refractivity contribution in [3.63, 3.8) is 0 Å². The number of carbonyl (C=O) groups is 1. The van der Waals surface area contributed by atoms with Gasteiger partial charge >= 0.3 is 0 Å². The number of hydrogen-bond donors (Lipinski definition) is 1. The fourth-order valence-electron chi connectivity index (χ4n) is 4.62. The molecule has 2 aromatic heterocycles. The number of phenols is 1. The largest absolute Gasteiger partial charge is 0.507 e. The minimum Gasteiger partial charge on any atom is -0.507 e. The number of phenolic OH excluding ortho intramolecular Hbond substituents is 1. The SMILES string of the molecule is CN=C(c1cc(F)c(-c2c(O)cccc2F)nc1N(C=O)c1[c-]nccc1C)N1CCB(C#N)CC1C.[CH3-].[Pr]. The number of rotatable bonds is 5. The second kappa shape index (κ2) is 13.9. The van der Waals surface area contributed by atoms with Gasteiger partial charge in [0.2, 0.25) is 6.41 Å². The van der Waals surface area contributed by atoms with Crippen molar-refractivity contribution < 1.29 is 60.0 Å². The molecule has 1 aliphatic heterocycles. The average Bonchev–Trinajstić information content (AvgIpc) is 2.88. The third-order valence-electron chi connectivity index (χ3n) is 6.49. The Labute approximate surface area is 260 Å². The van der Waals surface area contributed by atoms with E-state index in [9.17, 15) is 19.6 Å². The van der Waals surface area contributed by atoms with Crippen molar-refractivity contribution in [3.8, 4) is 23.0 Å². The number of amidine groups is 1. The van der Waals surface area contributed by atoms with Gasteiger partial charge < -0.3 is 22.4 Å². The number of aliphatic imine (C=N–C) groups is 1. The molecule has 1 fully saturated rings. The summed E-state index contributed by atoms with van der Waals surface area (Å²) in [5, 5.41) is 19.7. The summed E-state index contributed by atoms with van der Waals surface area (Å²) in [6, 6.07) is 6.32. The molecule has 1 amide bonds. The summed E-state index contributed by atoms with van der Waals surface area (Å²) < 4.78 is 30.3. The number of anilines is 2. The van der Waals surface area contributed by atoms with Crippen LogP contribution in [0.25, 0.3) is 11.3 Å². The number of nitriles is 1. The van der Waals surface area contributed by atoms with E-state index in [0.29, 0.717) is 37.0 Å². The molecule has 1 N–H and O–H groups in total. The minimum atomic E-state index is -0.905. The van der Waals surface area contributed by atoms with E-state index < -0.39 is 28.6 Å². The predicted octanol–water partition coefficient (Wildman–Crippen LogP) is 4.62. The van der Waals surface area contributed by atoms with Gasteiger partial charge in [-0.1, -0.05) is 25.4 Å². The first-order valence-electron chi connectivity index (χ1n) is 11.7. The van der Waals surface area contributed by atoms with Gasteiger partial charge in [-0.3, -0.25) is 14.7 Å². The molecule has 199 valence electrons. The first-order valence-corrected chi connectivity index (χ1v) is 11.7. The number of amides is 1. The Balaban J connectivity index is 0.00000267. The first kappa shape index (κ1) is 32.3. The molecule has 1 aromatic carbocycles. The van der Waals surface area contributed by atoms with Gasteiger partial charge in [-0.15, -0.1) is 5.56 Å². The van der Waals surface area contributed by atoms with Crippen LogP contribution in [0.1, 0.15) is 18.1 Å². The van der Waals surface area contributed by atoms with Crippen LogP contribution in [0.3, 0.4) is 0 Å². The van der Waals surface area contributed by atoms with E-state index in [1.54, 1.807) is 20.0 Å². The summed E-state index contributed by atoms with van der Waals surface area (Å²) in [7, 11) is 1.55. The molecule has 12 heteroatoms. The van der Waals surface area contributed by atoms with Gasteiger partial charge in [0.1, 0.15) is 28.9 Å². The van der Waals surface area contributed by atoms with Gasteiger partial charge in [0.25, 0.3) is 6.71 Å². The zero-order valence-electron chi connectivity index (χ0n) is 22.2. The maximum Gasteiger partial charge on any atom is 0.271 e. The molecule has 1 radical (unpaired) electrons. The summed E-state index contributed by atoms with van der Waals surface area (Å²) in [5.74, 6) is 0.359. The van der Waals surface area contributed by atoms with Crippen LogP contribution in [0.2, 0.25) is 12.6 Å². The molecule has 0 spiro atoms. The molecule has 1 unspecified atom stereocenters. The maximum absolute atomic E-state index is 15.6. The van der Waals surface area contributed by atoms with Crippen molar-refractivity contribution in [1.82, 2.24) is 14.9 Å². The molecule has 0 bridgehead atoms. The van der Waals surface area contributed by atoms with Crippen LogP contribution in [0.15, 0.2) is 41.5 Å². The summed E-state index contributed by atoms with van der Waals surface area (Å²) in [4.78, 5) is 28.3. The van der Waals surface area contributed by atoms with Crippen molar-refractivity contribution in [2.75, 3.05) is 18.5 Å². The van der Waals surface area contributed by atoms with Crippen molar-refractivity contribution in [3.05, 3.63) is 72.9 Å². The molecule has 0 saturated carbocycles. The molecule has 4 rings (SSSR count). The molecule has 3 aromatic rings. The molecule has 39 heavy (non-hydrogen) atoms. The normalized spacial score (nSPS) is 15.1. The van der Waals surface area contributed by atoms with E-state index in [-0.39, 0.29) is 78.5 Å². The number of carbonyl (C=O) groups excluding carboxylic acids is 1. The smallest absolute Gasteiger partial charge is 0.271 e. The molecule has 1 saturated heterocycles.